The van der Waals surface area contributed by atoms with Gasteiger partial charge in [0.2, 0.25) is 11.8 Å². The normalized spacial score (nSPS) is 19.9. The number of amides is 2. The Labute approximate surface area is 171 Å². The molecule has 0 saturated carbocycles. The van der Waals surface area contributed by atoms with Crippen molar-refractivity contribution in [3.05, 3.63) is 48.3 Å². The summed E-state index contributed by atoms with van der Waals surface area (Å²) >= 11 is 0. The number of para-hydroxylation sites is 1. The Kier molecular flexibility index (Phi) is 6.24. The van der Waals surface area contributed by atoms with Crippen LogP contribution in [0, 0.1) is 5.92 Å². The first-order valence-corrected chi connectivity index (χ1v) is 10.4. The Hall–Kier alpha value is -2.67. The van der Waals surface area contributed by atoms with E-state index in [2.05, 4.69) is 5.10 Å². The van der Waals surface area contributed by atoms with Crippen LogP contribution in [-0.2, 0) is 20.7 Å². The first kappa shape index (κ1) is 19.6. The van der Waals surface area contributed by atoms with Gasteiger partial charge in [0.25, 0.3) is 0 Å². The molecule has 4 rings (SSSR count). The van der Waals surface area contributed by atoms with Gasteiger partial charge in [-0.1, -0.05) is 18.2 Å². The molecule has 0 radical (unpaired) electrons. The van der Waals surface area contributed by atoms with Gasteiger partial charge in [0.1, 0.15) is 0 Å². The summed E-state index contributed by atoms with van der Waals surface area (Å²) in [5.41, 5.74) is 2.05. The van der Waals surface area contributed by atoms with Crippen LogP contribution in [0.25, 0.3) is 5.69 Å². The molecule has 7 heteroatoms. The molecule has 0 N–H and O–H groups in total. The van der Waals surface area contributed by atoms with Crippen LogP contribution in [0.2, 0.25) is 0 Å². The zero-order chi connectivity index (χ0) is 20.1. The highest BCUT2D eigenvalue weighted by Gasteiger charge is 2.31. The van der Waals surface area contributed by atoms with Crippen LogP contribution in [0.3, 0.4) is 0 Å². The number of ether oxygens (including phenoxy) is 1. The fourth-order valence-electron chi connectivity index (χ4n) is 4.07. The molecule has 2 aromatic rings. The van der Waals surface area contributed by atoms with E-state index in [0.717, 1.165) is 30.6 Å². The second kappa shape index (κ2) is 9.22. The van der Waals surface area contributed by atoms with Crippen LogP contribution in [0.5, 0.6) is 0 Å². The number of piperidine rings is 1. The Balaban J connectivity index is 1.29. The highest BCUT2D eigenvalue weighted by molar-refractivity contribution is 5.81. The molecule has 1 aromatic heterocycles. The minimum atomic E-state index is -0.0772. The van der Waals surface area contributed by atoms with Gasteiger partial charge in [-0.25, -0.2) is 4.68 Å². The molecule has 2 fully saturated rings. The van der Waals surface area contributed by atoms with Gasteiger partial charge in [-0.2, -0.15) is 5.10 Å². The zero-order valence-corrected chi connectivity index (χ0v) is 16.7. The van der Waals surface area contributed by atoms with Gasteiger partial charge >= 0.3 is 0 Å². The number of aryl methyl sites for hydroxylation is 1. The van der Waals surface area contributed by atoms with Crippen LogP contribution >= 0.6 is 0 Å². The minimum Gasteiger partial charge on any atom is -0.378 e. The Bertz CT molecular complexity index is 830. The Morgan fingerprint density at radius 2 is 1.86 bits per heavy atom. The maximum atomic E-state index is 12.8. The molecule has 2 amide bonds. The van der Waals surface area contributed by atoms with E-state index in [4.69, 9.17) is 4.74 Å². The van der Waals surface area contributed by atoms with Gasteiger partial charge < -0.3 is 14.5 Å². The summed E-state index contributed by atoms with van der Waals surface area (Å²) < 4.78 is 7.17. The molecule has 0 aliphatic carbocycles. The SMILES string of the molecule is O=C(CCc1cnn(-c2ccccc2)c1)N1CCCC(C(=O)N2CCOCC2)C1. The largest absolute Gasteiger partial charge is 0.378 e. The van der Waals surface area contributed by atoms with E-state index in [1.807, 2.05) is 57.2 Å². The average Bonchev–Trinajstić information content (AvgIpc) is 3.27. The van der Waals surface area contributed by atoms with Crippen molar-refractivity contribution in [2.45, 2.75) is 25.7 Å². The van der Waals surface area contributed by atoms with Crippen LogP contribution in [0.15, 0.2) is 42.7 Å². The third-order valence-electron chi connectivity index (χ3n) is 5.73. The number of hydrogen-bond donors (Lipinski definition) is 0. The van der Waals surface area contributed by atoms with Gasteiger partial charge in [-0.15, -0.1) is 0 Å². The predicted molar refractivity (Wildman–Crippen MR) is 109 cm³/mol. The lowest BCUT2D eigenvalue weighted by molar-refractivity contribution is -0.144. The van der Waals surface area contributed by atoms with Crippen molar-refractivity contribution < 1.29 is 14.3 Å². The van der Waals surface area contributed by atoms with Crippen molar-refractivity contribution in [1.29, 1.82) is 0 Å². The van der Waals surface area contributed by atoms with Gasteiger partial charge in [-0.3, -0.25) is 9.59 Å². The molecule has 1 aromatic carbocycles. The summed E-state index contributed by atoms with van der Waals surface area (Å²) in [5, 5.41) is 4.40. The number of likely N-dealkylation sites (tertiary alicyclic amines) is 1. The zero-order valence-electron chi connectivity index (χ0n) is 16.7. The molecule has 2 aliphatic heterocycles. The summed E-state index contributed by atoms with van der Waals surface area (Å²) in [5.74, 6) is 0.221. The lowest BCUT2D eigenvalue weighted by Crippen LogP contribution is -2.49. The summed E-state index contributed by atoms with van der Waals surface area (Å²) in [6.45, 7) is 3.83. The van der Waals surface area contributed by atoms with Crippen molar-refractivity contribution in [2.24, 2.45) is 5.92 Å². The smallest absolute Gasteiger partial charge is 0.227 e. The second-order valence-electron chi connectivity index (χ2n) is 7.75. The van der Waals surface area contributed by atoms with E-state index < -0.39 is 0 Å². The molecule has 3 heterocycles. The average molecular weight is 396 g/mol. The number of carbonyl (C=O) groups excluding carboxylic acids is 2. The standard InChI is InChI=1S/C22H28N4O3/c27-21(9-8-18-15-23-26(16-18)20-6-2-1-3-7-20)25-10-4-5-19(17-25)22(28)24-11-13-29-14-12-24/h1-3,6-7,15-16,19H,4-5,8-14,17H2. The molecule has 2 saturated heterocycles. The van der Waals surface area contributed by atoms with Crippen molar-refractivity contribution in [3.63, 3.8) is 0 Å². The summed E-state index contributed by atoms with van der Waals surface area (Å²) in [6.07, 6.45) is 6.65. The van der Waals surface area contributed by atoms with E-state index in [1.54, 1.807) is 0 Å². The highest BCUT2D eigenvalue weighted by atomic mass is 16.5. The van der Waals surface area contributed by atoms with Gasteiger partial charge in [-0.05, 0) is 37.0 Å². The van der Waals surface area contributed by atoms with Crippen molar-refractivity contribution in [1.82, 2.24) is 19.6 Å². The van der Waals surface area contributed by atoms with Gasteiger partial charge in [0, 0.05) is 38.8 Å². The van der Waals surface area contributed by atoms with Crippen molar-refractivity contribution >= 4 is 11.8 Å². The molecule has 154 valence electrons. The maximum absolute atomic E-state index is 12.8. The molecule has 2 aliphatic rings. The maximum Gasteiger partial charge on any atom is 0.227 e. The first-order chi connectivity index (χ1) is 14.2. The molecular formula is C22H28N4O3. The minimum absolute atomic E-state index is 0.0772. The van der Waals surface area contributed by atoms with E-state index in [0.29, 0.717) is 45.7 Å². The molecule has 7 nitrogen and oxygen atoms in total. The van der Waals surface area contributed by atoms with Gasteiger partial charge in [0.15, 0.2) is 0 Å². The summed E-state index contributed by atoms with van der Waals surface area (Å²) in [7, 11) is 0. The van der Waals surface area contributed by atoms with Crippen molar-refractivity contribution in [2.75, 3.05) is 39.4 Å². The third-order valence-corrected chi connectivity index (χ3v) is 5.73. The lowest BCUT2D eigenvalue weighted by Gasteiger charge is -2.36. The molecule has 0 bridgehead atoms. The molecule has 29 heavy (non-hydrogen) atoms. The Morgan fingerprint density at radius 3 is 2.66 bits per heavy atom. The molecule has 1 atom stereocenters. The molecular weight excluding hydrogens is 368 g/mol. The molecule has 0 spiro atoms. The number of nitrogens with zero attached hydrogens (tertiary/aromatic N) is 4. The fraction of sp³-hybridized carbons (Fsp3) is 0.500. The summed E-state index contributed by atoms with van der Waals surface area (Å²) in [6, 6.07) is 9.93. The van der Waals surface area contributed by atoms with Crippen LogP contribution in [-0.4, -0.2) is 70.8 Å². The fourth-order valence-corrected chi connectivity index (χ4v) is 4.07. The monoisotopic (exact) mass is 396 g/mol. The van der Waals surface area contributed by atoms with E-state index in [9.17, 15) is 9.59 Å². The molecule has 1 unspecified atom stereocenters. The van der Waals surface area contributed by atoms with Crippen LogP contribution in [0.4, 0.5) is 0 Å². The number of carbonyl (C=O) groups is 2. The van der Waals surface area contributed by atoms with E-state index >= 15 is 0 Å². The van der Waals surface area contributed by atoms with Gasteiger partial charge in [0.05, 0.1) is 31.0 Å². The lowest BCUT2D eigenvalue weighted by atomic mass is 9.96. The topological polar surface area (TPSA) is 67.7 Å². The predicted octanol–water partition coefficient (Wildman–Crippen LogP) is 1.90. The first-order valence-electron chi connectivity index (χ1n) is 10.4. The highest BCUT2D eigenvalue weighted by Crippen LogP contribution is 2.21. The van der Waals surface area contributed by atoms with E-state index in [-0.39, 0.29) is 17.7 Å². The third kappa shape index (κ3) is 4.85. The number of rotatable bonds is 5. The van der Waals surface area contributed by atoms with Crippen LogP contribution < -0.4 is 0 Å². The second-order valence-corrected chi connectivity index (χ2v) is 7.75. The number of benzene rings is 1. The quantitative estimate of drug-likeness (QED) is 0.774. The van der Waals surface area contributed by atoms with E-state index in [1.165, 1.54) is 0 Å². The number of aromatic nitrogens is 2. The summed E-state index contributed by atoms with van der Waals surface area (Å²) in [4.78, 5) is 29.3. The number of hydrogen-bond acceptors (Lipinski definition) is 4. The van der Waals surface area contributed by atoms with Crippen LogP contribution in [0.1, 0.15) is 24.8 Å². The Morgan fingerprint density at radius 1 is 1.07 bits per heavy atom. The number of morpholine rings is 1. The van der Waals surface area contributed by atoms with Crippen molar-refractivity contribution in [3.8, 4) is 5.69 Å².